The van der Waals surface area contributed by atoms with Crippen molar-refractivity contribution in [1.29, 1.82) is 0 Å². The highest BCUT2D eigenvalue weighted by Crippen LogP contribution is 2.10. The molecular formula is C11H17FN4O. The number of nitrogens with one attached hydrogen (secondary N) is 2. The van der Waals surface area contributed by atoms with Crippen LogP contribution in [-0.2, 0) is 4.79 Å². The monoisotopic (exact) mass is 240 g/mol. The van der Waals surface area contributed by atoms with E-state index < -0.39 is 11.4 Å². The number of hydrogen-bond acceptors (Lipinski definition) is 4. The summed E-state index contributed by atoms with van der Waals surface area (Å²) in [5.74, 6) is -0.238. The number of amides is 1. The number of halogens is 1. The normalized spacial score (nSPS) is 11.4. The molecule has 1 aromatic rings. The molecule has 5 nitrogen and oxygen atoms in total. The van der Waals surface area contributed by atoms with Gasteiger partial charge in [0.05, 0.1) is 11.7 Å². The van der Waals surface area contributed by atoms with Crippen LogP contribution in [0, 0.1) is 5.82 Å². The number of hydrogen-bond donors (Lipinski definition) is 2. The highest BCUT2D eigenvalue weighted by atomic mass is 19.1. The summed E-state index contributed by atoms with van der Waals surface area (Å²) < 4.78 is 12.6. The number of anilines is 1. The van der Waals surface area contributed by atoms with Crippen LogP contribution in [0.4, 0.5) is 10.2 Å². The number of nitrogens with zero attached hydrogens (tertiary/aromatic N) is 2. The zero-order chi connectivity index (χ0) is 13.1. The Kier molecular flexibility index (Phi) is 4.01. The van der Waals surface area contributed by atoms with E-state index in [2.05, 4.69) is 15.8 Å². The number of pyridine rings is 1. The van der Waals surface area contributed by atoms with E-state index in [-0.39, 0.29) is 5.91 Å². The predicted molar refractivity (Wildman–Crippen MR) is 63.7 cm³/mol. The summed E-state index contributed by atoms with van der Waals surface area (Å²) in [6.45, 7) is 3.59. The lowest BCUT2D eigenvalue weighted by Gasteiger charge is -2.30. The van der Waals surface area contributed by atoms with Gasteiger partial charge < -0.3 is 0 Å². The van der Waals surface area contributed by atoms with Crippen molar-refractivity contribution < 1.29 is 9.18 Å². The molecule has 0 aromatic carbocycles. The van der Waals surface area contributed by atoms with Gasteiger partial charge in [-0.3, -0.25) is 20.5 Å². The standard InChI is InChI=1S/C11H17FN4O/c1-11(2,16(3)4)10(17)15-14-9-6-5-8(12)7-13-9/h5-7H,1-4H3,(H,13,14)(H,15,17). The minimum absolute atomic E-state index is 0.200. The van der Waals surface area contributed by atoms with Gasteiger partial charge in [-0.1, -0.05) is 0 Å². The topological polar surface area (TPSA) is 57.3 Å². The molecule has 17 heavy (non-hydrogen) atoms. The summed E-state index contributed by atoms with van der Waals surface area (Å²) >= 11 is 0. The van der Waals surface area contributed by atoms with Gasteiger partial charge in [-0.2, -0.15) is 0 Å². The Labute approximate surface area is 100.0 Å². The van der Waals surface area contributed by atoms with Crippen LogP contribution in [-0.4, -0.2) is 35.4 Å². The van der Waals surface area contributed by atoms with Gasteiger partial charge in [-0.15, -0.1) is 0 Å². The first-order valence-corrected chi connectivity index (χ1v) is 5.19. The zero-order valence-electron chi connectivity index (χ0n) is 10.4. The molecule has 0 bridgehead atoms. The van der Waals surface area contributed by atoms with Crippen molar-refractivity contribution in [2.75, 3.05) is 19.5 Å². The molecule has 1 rings (SSSR count). The Bertz CT molecular complexity index is 389. The van der Waals surface area contributed by atoms with Crippen molar-refractivity contribution in [3.05, 3.63) is 24.1 Å². The lowest BCUT2D eigenvalue weighted by Crippen LogP contribution is -2.53. The number of carbonyl (C=O) groups excluding carboxylic acids is 1. The first-order chi connectivity index (χ1) is 7.84. The average Bonchev–Trinajstić information content (AvgIpc) is 2.27. The second kappa shape index (κ2) is 5.09. The first kappa shape index (κ1) is 13.4. The van der Waals surface area contributed by atoms with Gasteiger partial charge in [-0.25, -0.2) is 9.37 Å². The fourth-order valence-electron chi connectivity index (χ4n) is 0.927. The van der Waals surface area contributed by atoms with E-state index in [0.717, 1.165) is 6.20 Å². The van der Waals surface area contributed by atoms with Gasteiger partial charge >= 0.3 is 0 Å². The Morgan fingerprint density at radius 1 is 1.41 bits per heavy atom. The van der Waals surface area contributed by atoms with Gasteiger partial charge in [-0.05, 0) is 40.1 Å². The lowest BCUT2D eigenvalue weighted by atomic mass is 10.0. The quantitative estimate of drug-likeness (QED) is 0.771. The van der Waals surface area contributed by atoms with Gasteiger partial charge in [0.2, 0.25) is 0 Å². The van der Waals surface area contributed by atoms with Crippen molar-refractivity contribution >= 4 is 11.7 Å². The number of rotatable bonds is 4. The highest BCUT2D eigenvalue weighted by Gasteiger charge is 2.29. The van der Waals surface area contributed by atoms with Crippen LogP contribution < -0.4 is 10.9 Å². The van der Waals surface area contributed by atoms with Crippen molar-refractivity contribution in [2.24, 2.45) is 0 Å². The molecule has 0 fully saturated rings. The molecule has 0 unspecified atom stereocenters. The predicted octanol–water partition coefficient (Wildman–Crippen LogP) is 1.00. The van der Waals surface area contributed by atoms with Crippen LogP contribution in [0.3, 0.4) is 0 Å². The van der Waals surface area contributed by atoms with Crippen LogP contribution in [0.2, 0.25) is 0 Å². The summed E-state index contributed by atoms with van der Waals surface area (Å²) in [4.78, 5) is 17.4. The molecule has 1 aromatic heterocycles. The SMILES string of the molecule is CN(C)C(C)(C)C(=O)NNc1ccc(F)cn1. The van der Waals surface area contributed by atoms with Crippen molar-refractivity contribution in [2.45, 2.75) is 19.4 Å². The van der Waals surface area contributed by atoms with Crippen molar-refractivity contribution in [3.63, 3.8) is 0 Å². The van der Waals surface area contributed by atoms with Gasteiger partial charge in [0.25, 0.3) is 5.91 Å². The molecule has 1 heterocycles. The molecule has 2 N–H and O–H groups in total. The van der Waals surface area contributed by atoms with Gasteiger partial charge in [0.15, 0.2) is 0 Å². The van der Waals surface area contributed by atoms with Crippen LogP contribution in [0.25, 0.3) is 0 Å². The summed E-state index contributed by atoms with van der Waals surface area (Å²) in [5, 5.41) is 0. The van der Waals surface area contributed by atoms with Gasteiger partial charge in [0.1, 0.15) is 11.6 Å². The molecule has 0 aliphatic rings. The second-order valence-electron chi connectivity index (χ2n) is 4.39. The molecule has 1 amide bonds. The number of carbonyl (C=O) groups is 1. The third-order valence-electron chi connectivity index (χ3n) is 2.71. The number of hydrazine groups is 1. The number of aromatic nitrogens is 1. The maximum Gasteiger partial charge on any atom is 0.258 e. The first-order valence-electron chi connectivity index (χ1n) is 5.19. The maximum atomic E-state index is 12.6. The molecule has 0 saturated heterocycles. The van der Waals surface area contributed by atoms with E-state index in [1.807, 2.05) is 14.1 Å². The Balaban J connectivity index is 2.57. The Morgan fingerprint density at radius 2 is 2.06 bits per heavy atom. The second-order valence-corrected chi connectivity index (χ2v) is 4.39. The lowest BCUT2D eigenvalue weighted by molar-refractivity contribution is -0.129. The summed E-state index contributed by atoms with van der Waals surface area (Å²) in [5.41, 5.74) is 4.51. The van der Waals surface area contributed by atoms with E-state index in [9.17, 15) is 9.18 Å². The minimum atomic E-state index is -0.646. The van der Waals surface area contributed by atoms with Crippen LogP contribution in [0.5, 0.6) is 0 Å². The molecule has 94 valence electrons. The third kappa shape index (κ3) is 3.39. The third-order valence-corrected chi connectivity index (χ3v) is 2.71. The molecule has 0 spiro atoms. The molecule has 0 aliphatic heterocycles. The van der Waals surface area contributed by atoms with E-state index in [4.69, 9.17) is 0 Å². The fraction of sp³-hybridized carbons (Fsp3) is 0.455. The van der Waals surface area contributed by atoms with E-state index in [1.165, 1.54) is 12.1 Å². The molecule has 0 atom stereocenters. The zero-order valence-corrected chi connectivity index (χ0v) is 10.4. The smallest absolute Gasteiger partial charge is 0.258 e. The minimum Gasteiger partial charge on any atom is -0.296 e. The summed E-state index contributed by atoms with van der Waals surface area (Å²) in [7, 11) is 3.63. The summed E-state index contributed by atoms with van der Waals surface area (Å²) in [6, 6.07) is 2.71. The molecular weight excluding hydrogens is 223 g/mol. The van der Waals surface area contributed by atoms with Crippen LogP contribution >= 0.6 is 0 Å². The fourth-order valence-corrected chi connectivity index (χ4v) is 0.927. The van der Waals surface area contributed by atoms with Gasteiger partial charge in [0, 0.05) is 0 Å². The molecule has 0 saturated carbocycles. The Hall–Kier alpha value is -1.69. The maximum absolute atomic E-state index is 12.6. The summed E-state index contributed by atoms with van der Waals surface area (Å²) in [6.07, 6.45) is 1.07. The van der Waals surface area contributed by atoms with E-state index in [0.29, 0.717) is 5.82 Å². The van der Waals surface area contributed by atoms with Crippen molar-refractivity contribution in [3.8, 4) is 0 Å². The number of likely N-dealkylation sites (N-methyl/N-ethyl adjacent to an activating group) is 1. The molecule has 0 aliphatic carbocycles. The van der Waals surface area contributed by atoms with Crippen LogP contribution in [0.15, 0.2) is 18.3 Å². The van der Waals surface area contributed by atoms with Crippen molar-refractivity contribution in [1.82, 2.24) is 15.3 Å². The highest BCUT2D eigenvalue weighted by molar-refractivity contribution is 5.86. The molecule has 0 radical (unpaired) electrons. The van der Waals surface area contributed by atoms with E-state index >= 15 is 0 Å². The van der Waals surface area contributed by atoms with E-state index in [1.54, 1.807) is 18.7 Å². The average molecular weight is 240 g/mol. The largest absolute Gasteiger partial charge is 0.296 e. The van der Waals surface area contributed by atoms with Crippen LogP contribution in [0.1, 0.15) is 13.8 Å². The Morgan fingerprint density at radius 3 is 2.53 bits per heavy atom. The molecule has 6 heteroatoms.